The number of hydrogen-bond donors (Lipinski definition) is 0. The summed E-state index contributed by atoms with van der Waals surface area (Å²) in [5.41, 5.74) is -1.50. The second-order valence-electron chi connectivity index (χ2n) is 8.16. The Morgan fingerprint density at radius 2 is 1.72 bits per heavy atom. The maximum atomic E-state index is 13.2. The van der Waals surface area contributed by atoms with Gasteiger partial charge in [0, 0.05) is 13.1 Å². The Hall–Kier alpha value is -1.11. The third kappa shape index (κ3) is 8.65. The molecule has 1 amide bonds. The van der Waals surface area contributed by atoms with Crippen molar-refractivity contribution in [2.45, 2.75) is 78.5 Å². The number of nitrogens with zero attached hydrogens (tertiary/aromatic N) is 1. The fraction of sp³-hybridized carbons (Fsp3) is 0.900. The monoisotopic (exact) mass is 435 g/mol. The smallest absolute Gasteiger partial charge is 0.410 e. The molecule has 2 atom stereocenters. The topological polar surface area (TPSA) is 91.4 Å². The standard InChI is InChI=1S/C20H38NO7P/c1-7-25-18(22)17(29(24,26-8-2)27-9-3)13-12-16-11-10-14-21(15-16)19(23)28-20(4,5)6/h16-17H,7-15H2,1-6H3. The molecular formula is C20H38NO7P. The normalized spacial score (nSPS) is 19.0. The highest BCUT2D eigenvalue weighted by Gasteiger charge is 2.42. The number of hydrogen-bond acceptors (Lipinski definition) is 7. The molecule has 170 valence electrons. The van der Waals surface area contributed by atoms with Crippen LogP contribution in [0.25, 0.3) is 0 Å². The summed E-state index contributed by atoms with van der Waals surface area (Å²) in [6.07, 6.45) is 2.42. The molecule has 0 aromatic heterocycles. The summed E-state index contributed by atoms with van der Waals surface area (Å²) in [6, 6.07) is 0. The first-order valence-electron chi connectivity index (χ1n) is 10.6. The second kappa shape index (κ2) is 11.9. The van der Waals surface area contributed by atoms with Crippen molar-refractivity contribution in [3.63, 3.8) is 0 Å². The highest BCUT2D eigenvalue weighted by molar-refractivity contribution is 7.55. The third-order valence-corrected chi connectivity index (χ3v) is 7.05. The predicted molar refractivity (Wildman–Crippen MR) is 111 cm³/mol. The molecule has 0 bridgehead atoms. The summed E-state index contributed by atoms with van der Waals surface area (Å²) >= 11 is 0. The number of carbonyl (C=O) groups excluding carboxylic acids is 2. The predicted octanol–water partition coefficient (Wildman–Crippen LogP) is 4.61. The van der Waals surface area contributed by atoms with Gasteiger partial charge in [-0.25, -0.2) is 4.79 Å². The molecular weight excluding hydrogens is 397 g/mol. The van der Waals surface area contributed by atoms with Crippen LogP contribution in [0.5, 0.6) is 0 Å². The zero-order valence-corrected chi connectivity index (χ0v) is 19.7. The molecule has 1 rings (SSSR count). The molecule has 1 heterocycles. The van der Waals surface area contributed by atoms with E-state index in [4.69, 9.17) is 18.5 Å². The van der Waals surface area contributed by atoms with Gasteiger partial charge in [0.05, 0.1) is 19.8 Å². The number of esters is 1. The first kappa shape index (κ1) is 25.9. The van der Waals surface area contributed by atoms with Crippen LogP contribution < -0.4 is 0 Å². The third-order valence-electron chi connectivity index (χ3n) is 4.58. The number of likely N-dealkylation sites (tertiary alicyclic amines) is 1. The lowest BCUT2D eigenvalue weighted by Crippen LogP contribution is -2.43. The van der Waals surface area contributed by atoms with Gasteiger partial charge in [0.1, 0.15) is 5.60 Å². The maximum Gasteiger partial charge on any atom is 0.410 e. The van der Waals surface area contributed by atoms with Crippen LogP contribution in [0.4, 0.5) is 4.79 Å². The van der Waals surface area contributed by atoms with E-state index >= 15 is 0 Å². The number of piperidine rings is 1. The Bertz CT molecular complexity index is 566. The fourth-order valence-electron chi connectivity index (χ4n) is 3.41. The molecule has 0 N–H and O–H groups in total. The molecule has 29 heavy (non-hydrogen) atoms. The van der Waals surface area contributed by atoms with Gasteiger partial charge in [0.15, 0.2) is 5.66 Å². The molecule has 0 radical (unpaired) electrons. The Balaban J connectivity index is 2.81. The molecule has 0 aromatic rings. The Labute approximate surface area is 175 Å². The molecule has 9 heteroatoms. The van der Waals surface area contributed by atoms with E-state index < -0.39 is 24.8 Å². The van der Waals surface area contributed by atoms with Crippen molar-refractivity contribution in [2.75, 3.05) is 32.9 Å². The molecule has 1 aliphatic rings. The van der Waals surface area contributed by atoms with E-state index in [1.54, 1.807) is 25.7 Å². The SMILES string of the molecule is CCOC(=O)C(CCC1CCCN(C(=O)OC(C)(C)C)C1)P(=O)(OCC)OCC. The van der Waals surface area contributed by atoms with Gasteiger partial charge in [-0.05, 0) is 73.1 Å². The maximum absolute atomic E-state index is 13.2. The highest BCUT2D eigenvalue weighted by atomic mass is 31.2. The number of amides is 1. The molecule has 1 saturated heterocycles. The van der Waals surface area contributed by atoms with Gasteiger partial charge in [0.25, 0.3) is 0 Å². The minimum Gasteiger partial charge on any atom is -0.465 e. The quantitative estimate of drug-likeness (QED) is 0.365. The molecule has 0 aromatic carbocycles. The fourth-order valence-corrected chi connectivity index (χ4v) is 5.36. The van der Waals surface area contributed by atoms with Crippen LogP contribution in [0, 0.1) is 5.92 Å². The number of rotatable bonds is 10. The Morgan fingerprint density at radius 1 is 1.10 bits per heavy atom. The molecule has 1 aliphatic heterocycles. The first-order chi connectivity index (χ1) is 13.6. The van der Waals surface area contributed by atoms with Crippen molar-refractivity contribution in [1.29, 1.82) is 0 Å². The molecule has 0 saturated carbocycles. The van der Waals surface area contributed by atoms with Crippen LogP contribution in [0.2, 0.25) is 0 Å². The van der Waals surface area contributed by atoms with E-state index in [1.165, 1.54) is 0 Å². The van der Waals surface area contributed by atoms with Crippen LogP contribution in [0.1, 0.15) is 67.2 Å². The molecule has 0 spiro atoms. The van der Waals surface area contributed by atoms with E-state index in [-0.39, 0.29) is 31.8 Å². The molecule has 1 fully saturated rings. The summed E-state index contributed by atoms with van der Waals surface area (Å²) in [5, 5.41) is 0. The van der Waals surface area contributed by atoms with Gasteiger partial charge in [0.2, 0.25) is 0 Å². The van der Waals surface area contributed by atoms with Crippen molar-refractivity contribution < 1.29 is 32.7 Å². The molecule has 0 aliphatic carbocycles. The van der Waals surface area contributed by atoms with E-state index in [0.717, 1.165) is 12.8 Å². The van der Waals surface area contributed by atoms with Gasteiger partial charge < -0.3 is 23.4 Å². The van der Waals surface area contributed by atoms with Crippen molar-refractivity contribution in [2.24, 2.45) is 5.92 Å². The second-order valence-corrected chi connectivity index (χ2v) is 10.4. The lowest BCUT2D eigenvalue weighted by Gasteiger charge is -2.34. The first-order valence-corrected chi connectivity index (χ1v) is 12.2. The Kier molecular flexibility index (Phi) is 10.7. The van der Waals surface area contributed by atoms with Gasteiger partial charge in [-0.2, -0.15) is 0 Å². The zero-order valence-electron chi connectivity index (χ0n) is 18.8. The van der Waals surface area contributed by atoms with Crippen LogP contribution in [0.3, 0.4) is 0 Å². The summed E-state index contributed by atoms with van der Waals surface area (Å²) < 4.78 is 34.6. The largest absolute Gasteiger partial charge is 0.465 e. The summed E-state index contributed by atoms with van der Waals surface area (Å²) in [7, 11) is -3.62. The van der Waals surface area contributed by atoms with Crippen LogP contribution in [-0.4, -0.2) is 61.1 Å². The van der Waals surface area contributed by atoms with Crippen molar-refractivity contribution in [3.05, 3.63) is 0 Å². The van der Waals surface area contributed by atoms with Gasteiger partial charge in [-0.15, -0.1) is 0 Å². The van der Waals surface area contributed by atoms with Gasteiger partial charge in [-0.1, -0.05) is 0 Å². The summed E-state index contributed by atoms with van der Waals surface area (Å²) in [6.45, 7) is 12.4. The minimum absolute atomic E-state index is 0.184. The minimum atomic E-state index is -3.62. The zero-order chi connectivity index (χ0) is 22.1. The van der Waals surface area contributed by atoms with E-state index in [9.17, 15) is 14.2 Å². The van der Waals surface area contributed by atoms with Crippen LogP contribution in [-0.2, 0) is 27.9 Å². The average Bonchev–Trinajstić information content (AvgIpc) is 2.61. The van der Waals surface area contributed by atoms with E-state index in [2.05, 4.69) is 0 Å². The van der Waals surface area contributed by atoms with Crippen molar-refractivity contribution >= 4 is 19.7 Å². The van der Waals surface area contributed by atoms with Crippen molar-refractivity contribution in [3.8, 4) is 0 Å². The lowest BCUT2D eigenvalue weighted by molar-refractivity contribution is -0.143. The molecule has 2 unspecified atom stereocenters. The van der Waals surface area contributed by atoms with E-state index in [0.29, 0.717) is 25.9 Å². The molecule has 8 nitrogen and oxygen atoms in total. The van der Waals surface area contributed by atoms with E-state index in [1.807, 2.05) is 20.8 Å². The van der Waals surface area contributed by atoms with Gasteiger partial charge in [-0.3, -0.25) is 9.36 Å². The van der Waals surface area contributed by atoms with Crippen LogP contribution in [0.15, 0.2) is 0 Å². The summed E-state index contributed by atoms with van der Waals surface area (Å²) in [4.78, 5) is 26.6. The highest BCUT2D eigenvalue weighted by Crippen LogP contribution is 2.55. The van der Waals surface area contributed by atoms with Crippen LogP contribution >= 0.6 is 7.60 Å². The lowest BCUT2D eigenvalue weighted by atomic mass is 9.93. The average molecular weight is 435 g/mol. The summed E-state index contributed by atoms with van der Waals surface area (Å²) in [5.74, 6) is -0.373. The number of ether oxygens (including phenoxy) is 2. The van der Waals surface area contributed by atoms with Crippen molar-refractivity contribution in [1.82, 2.24) is 4.90 Å². The van der Waals surface area contributed by atoms with Gasteiger partial charge >= 0.3 is 19.7 Å². The Morgan fingerprint density at radius 3 is 2.24 bits per heavy atom. The number of carbonyl (C=O) groups is 2.